The second kappa shape index (κ2) is 4.39. The summed E-state index contributed by atoms with van der Waals surface area (Å²) >= 11 is 0. The molecule has 0 atom stereocenters. The second-order valence-corrected chi connectivity index (χ2v) is 4.52. The number of nitrogens with one attached hydrogen (secondary N) is 1. The third-order valence-electron chi connectivity index (χ3n) is 3.22. The van der Waals surface area contributed by atoms with Crippen LogP contribution in [-0.4, -0.2) is 9.97 Å². The Morgan fingerprint density at radius 1 is 1.21 bits per heavy atom. The normalized spacial score (nSPS) is 11.1. The summed E-state index contributed by atoms with van der Waals surface area (Å²) in [6.45, 7) is 2.10. The van der Waals surface area contributed by atoms with Gasteiger partial charge in [0, 0.05) is 11.3 Å². The minimum absolute atomic E-state index is 0.320. The topological polar surface area (TPSA) is 54.7 Å². The van der Waals surface area contributed by atoms with E-state index < -0.39 is 0 Å². The first-order valence-electron chi connectivity index (χ1n) is 6.21. The number of benzene rings is 2. The van der Waals surface area contributed by atoms with Crippen LogP contribution in [0.2, 0.25) is 0 Å². The van der Waals surface area contributed by atoms with Gasteiger partial charge in [-0.15, -0.1) is 0 Å². The van der Waals surface area contributed by atoms with Gasteiger partial charge in [-0.1, -0.05) is 13.0 Å². The Morgan fingerprint density at radius 3 is 2.84 bits per heavy atom. The standard InChI is InChI=1S/C15H14FN3/c1-2-9-3-6-13-14(7-9)19-15(18-13)11-8-10(16)4-5-12(11)17/h3-8H,2,17H2,1H3,(H,18,19). The highest BCUT2D eigenvalue weighted by Gasteiger charge is 2.09. The van der Waals surface area contributed by atoms with Gasteiger partial charge in [0.1, 0.15) is 11.6 Å². The molecule has 0 unspecified atom stereocenters. The Kier molecular flexibility index (Phi) is 2.71. The average molecular weight is 255 g/mol. The summed E-state index contributed by atoms with van der Waals surface area (Å²) in [7, 11) is 0. The van der Waals surface area contributed by atoms with Crippen molar-refractivity contribution in [1.82, 2.24) is 9.97 Å². The molecule has 0 fully saturated rings. The van der Waals surface area contributed by atoms with E-state index in [1.54, 1.807) is 6.07 Å². The largest absolute Gasteiger partial charge is 0.398 e. The summed E-state index contributed by atoms with van der Waals surface area (Å²) in [5.41, 5.74) is 10.0. The molecule has 1 aromatic heterocycles. The highest BCUT2D eigenvalue weighted by molar-refractivity contribution is 5.82. The molecule has 3 nitrogen and oxygen atoms in total. The lowest BCUT2D eigenvalue weighted by Crippen LogP contribution is -1.92. The van der Waals surface area contributed by atoms with Crippen molar-refractivity contribution in [3.05, 3.63) is 47.8 Å². The van der Waals surface area contributed by atoms with Gasteiger partial charge in [0.15, 0.2) is 0 Å². The number of imidazole rings is 1. The lowest BCUT2D eigenvalue weighted by molar-refractivity contribution is 0.628. The number of fused-ring (bicyclic) bond motifs is 1. The van der Waals surface area contributed by atoms with Gasteiger partial charge >= 0.3 is 0 Å². The smallest absolute Gasteiger partial charge is 0.140 e. The molecule has 3 N–H and O–H groups in total. The molecule has 3 rings (SSSR count). The van der Waals surface area contributed by atoms with Crippen LogP contribution in [0.1, 0.15) is 12.5 Å². The fourth-order valence-corrected chi connectivity index (χ4v) is 2.14. The average Bonchev–Trinajstić information content (AvgIpc) is 2.83. The van der Waals surface area contributed by atoms with Crippen LogP contribution in [0.15, 0.2) is 36.4 Å². The third kappa shape index (κ3) is 2.05. The number of aryl methyl sites for hydroxylation is 1. The van der Waals surface area contributed by atoms with Gasteiger partial charge in [-0.3, -0.25) is 0 Å². The van der Waals surface area contributed by atoms with Gasteiger partial charge in [0.05, 0.1) is 11.0 Å². The van der Waals surface area contributed by atoms with Crippen LogP contribution >= 0.6 is 0 Å². The van der Waals surface area contributed by atoms with E-state index in [9.17, 15) is 4.39 Å². The molecule has 3 aromatic rings. The number of nitrogens with two attached hydrogens (primary N) is 1. The Bertz CT molecular complexity index is 746. The zero-order chi connectivity index (χ0) is 13.4. The van der Waals surface area contributed by atoms with E-state index in [1.165, 1.54) is 17.7 Å². The Morgan fingerprint density at radius 2 is 2.05 bits per heavy atom. The zero-order valence-electron chi connectivity index (χ0n) is 10.6. The molecule has 1 heterocycles. The molecule has 0 spiro atoms. The highest BCUT2D eigenvalue weighted by Crippen LogP contribution is 2.26. The number of halogens is 1. The summed E-state index contributed by atoms with van der Waals surface area (Å²) in [5, 5.41) is 0. The molecule has 4 heteroatoms. The summed E-state index contributed by atoms with van der Waals surface area (Å²) in [4.78, 5) is 7.65. The van der Waals surface area contributed by atoms with E-state index in [4.69, 9.17) is 5.73 Å². The van der Waals surface area contributed by atoms with Crippen molar-refractivity contribution in [1.29, 1.82) is 0 Å². The zero-order valence-corrected chi connectivity index (χ0v) is 10.6. The number of rotatable bonds is 2. The molecular formula is C15H14FN3. The molecule has 0 bridgehead atoms. The minimum Gasteiger partial charge on any atom is -0.398 e. The van der Waals surface area contributed by atoms with E-state index in [0.717, 1.165) is 17.5 Å². The highest BCUT2D eigenvalue weighted by atomic mass is 19.1. The van der Waals surface area contributed by atoms with Gasteiger partial charge in [-0.05, 0) is 42.3 Å². The van der Waals surface area contributed by atoms with Crippen molar-refractivity contribution < 1.29 is 4.39 Å². The van der Waals surface area contributed by atoms with Crippen LogP contribution in [0.3, 0.4) is 0 Å². The Balaban J connectivity index is 2.17. The van der Waals surface area contributed by atoms with E-state index in [2.05, 4.69) is 23.0 Å². The SMILES string of the molecule is CCc1ccc2nc(-c3cc(F)ccc3N)[nH]c2c1. The van der Waals surface area contributed by atoms with Gasteiger partial charge in [-0.25, -0.2) is 9.37 Å². The van der Waals surface area contributed by atoms with Crippen molar-refractivity contribution in [2.24, 2.45) is 0 Å². The lowest BCUT2D eigenvalue weighted by atomic mass is 10.1. The molecule has 96 valence electrons. The molecule has 0 radical (unpaired) electrons. The van der Waals surface area contributed by atoms with Gasteiger partial charge in [0.25, 0.3) is 0 Å². The molecule has 0 saturated carbocycles. The number of aromatic nitrogens is 2. The first-order chi connectivity index (χ1) is 9.17. The molecule has 0 saturated heterocycles. The Hall–Kier alpha value is -2.36. The van der Waals surface area contributed by atoms with Crippen LogP contribution in [0.5, 0.6) is 0 Å². The number of H-pyrrole nitrogens is 1. The first-order valence-corrected chi connectivity index (χ1v) is 6.21. The molecule has 0 aliphatic heterocycles. The lowest BCUT2D eigenvalue weighted by Gasteiger charge is -2.01. The van der Waals surface area contributed by atoms with E-state index in [0.29, 0.717) is 17.1 Å². The fourth-order valence-electron chi connectivity index (χ4n) is 2.14. The summed E-state index contributed by atoms with van der Waals surface area (Å²) < 4.78 is 13.3. The van der Waals surface area contributed by atoms with E-state index in [1.807, 2.05) is 12.1 Å². The number of nitrogen functional groups attached to an aromatic ring is 1. The van der Waals surface area contributed by atoms with Crippen molar-refractivity contribution in [3.8, 4) is 11.4 Å². The third-order valence-corrected chi connectivity index (χ3v) is 3.22. The van der Waals surface area contributed by atoms with Crippen molar-refractivity contribution in [3.63, 3.8) is 0 Å². The van der Waals surface area contributed by atoms with Crippen molar-refractivity contribution >= 4 is 16.7 Å². The monoisotopic (exact) mass is 255 g/mol. The maximum Gasteiger partial charge on any atom is 0.140 e. The molecular weight excluding hydrogens is 241 g/mol. The summed E-state index contributed by atoms with van der Waals surface area (Å²) in [5.74, 6) is 0.277. The van der Waals surface area contributed by atoms with Gasteiger partial charge in [-0.2, -0.15) is 0 Å². The van der Waals surface area contributed by atoms with Crippen LogP contribution in [0, 0.1) is 5.82 Å². The fraction of sp³-hybridized carbons (Fsp3) is 0.133. The summed E-state index contributed by atoms with van der Waals surface area (Å²) in [6.07, 6.45) is 0.965. The predicted molar refractivity (Wildman–Crippen MR) is 75.3 cm³/mol. The van der Waals surface area contributed by atoms with Gasteiger partial charge < -0.3 is 10.7 Å². The molecule has 0 aliphatic rings. The van der Waals surface area contributed by atoms with Crippen LogP contribution in [-0.2, 0) is 6.42 Å². The quantitative estimate of drug-likeness (QED) is 0.688. The Labute approximate surface area is 110 Å². The van der Waals surface area contributed by atoms with Crippen LogP contribution in [0.25, 0.3) is 22.4 Å². The van der Waals surface area contributed by atoms with E-state index >= 15 is 0 Å². The molecule has 0 amide bonds. The number of hydrogen-bond acceptors (Lipinski definition) is 2. The van der Waals surface area contributed by atoms with Crippen molar-refractivity contribution in [2.75, 3.05) is 5.73 Å². The number of anilines is 1. The van der Waals surface area contributed by atoms with E-state index in [-0.39, 0.29) is 5.82 Å². The predicted octanol–water partition coefficient (Wildman–Crippen LogP) is 3.51. The second-order valence-electron chi connectivity index (χ2n) is 4.52. The number of nitrogens with zero attached hydrogens (tertiary/aromatic N) is 1. The van der Waals surface area contributed by atoms with Crippen molar-refractivity contribution in [2.45, 2.75) is 13.3 Å². The minimum atomic E-state index is -0.320. The number of aromatic amines is 1. The summed E-state index contributed by atoms with van der Waals surface area (Å²) in [6, 6.07) is 10.4. The molecule has 2 aromatic carbocycles. The number of hydrogen-bond donors (Lipinski definition) is 2. The van der Waals surface area contributed by atoms with Crippen LogP contribution in [0.4, 0.5) is 10.1 Å². The van der Waals surface area contributed by atoms with Gasteiger partial charge in [0.2, 0.25) is 0 Å². The van der Waals surface area contributed by atoms with Crippen LogP contribution < -0.4 is 5.73 Å². The maximum absolute atomic E-state index is 13.3. The first kappa shape index (κ1) is 11.7. The molecule has 0 aliphatic carbocycles. The molecule has 19 heavy (non-hydrogen) atoms. The maximum atomic E-state index is 13.3.